The number of nitrogens with zero attached hydrogens (tertiary/aromatic N) is 3. The lowest BCUT2D eigenvalue weighted by molar-refractivity contribution is -0.118. The first-order valence-corrected chi connectivity index (χ1v) is 10.4. The predicted octanol–water partition coefficient (Wildman–Crippen LogP) is 4.04. The topological polar surface area (TPSA) is 76.6 Å². The molecule has 156 valence electrons. The Balaban J connectivity index is 1.50. The van der Waals surface area contributed by atoms with Crippen LogP contribution in [0.4, 0.5) is 11.6 Å². The lowest BCUT2D eigenvalue weighted by atomic mass is 10.3. The van der Waals surface area contributed by atoms with Gasteiger partial charge in [-0.15, -0.1) is 0 Å². The third kappa shape index (κ3) is 4.62. The fraction of sp³-hybridized carbons (Fsp3) is 0.348. The molecule has 3 aromatic rings. The first-order chi connectivity index (χ1) is 14.7. The van der Waals surface area contributed by atoms with E-state index in [-0.39, 0.29) is 12.5 Å². The molecule has 0 radical (unpaired) electrons. The number of nitrogens with one attached hydrogen (secondary N) is 1. The number of amides is 1. The van der Waals surface area contributed by atoms with Crippen LogP contribution in [0.3, 0.4) is 0 Å². The van der Waals surface area contributed by atoms with Crippen molar-refractivity contribution in [2.45, 2.75) is 26.2 Å². The summed E-state index contributed by atoms with van der Waals surface area (Å²) < 4.78 is 11.4. The maximum Gasteiger partial charge on any atom is 0.263 e. The van der Waals surface area contributed by atoms with E-state index in [9.17, 15) is 4.79 Å². The fourth-order valence-electron chi connectivity index (χ4n) is 3.44. The summed E-state index contributed by atoms with van der Waals surface area (Å²) >= 11 is 0. The van der Waals surface area contributed by atoms with E-state index in [0.29, 0.717) is 29.7 Å². The average Bonchev–Trinajstić information content (AvgIpc) is 3.31. The van der Waals surface area contributed by atoms with Gasteiger partial charge in [-0.25, -0.2) is 9.97 Å². The SMILES string of the molecule is CCCOc1ccccc1OCC(=O)Nc1nc2ccccc2nc1N1CCCC1. The van der Waals surface area contributed by atoms with Crippen molar-refractivity contribution in [2.24, 2.45) is 0 Å². The first-order valence-electron chi connectivity index (χ1n) is 10.4. The number of benzene rings is 2. The molecule has 0 spiro atoms. The van der Waals surface area contributed by atoms with E-state index in [1.807, 2.05) is 49.4 Å². The normalized spacial score (nSPS) is 13.4. The molecule has 0 atom stereocenters. The van der Waals surface area contributed by atoms with Crippen LogP contribution in [0.25, 0.3) is 11.0 Å². The molecule has 7 nitrogen and oxygen atoms in total. The molecule has 1 aliphatic heterocycles. The van der Waals surface area contributed by atoms with Crippen LogP contribution in [0, 0.1) is 0 Å². The van der Waals surface area contributed by atoms with E-state index in [1.54, 1.807) is 6.07 Å². The minimum absolute atomic E-state index is 0.138. The molecular formula is C23H26N4O3. The Morgan fingerprint density at radius 1 is 0.967 bits per heavy atom. The zero-order valence-electron chi connectivity index (χ0n) is 17.1. The van der Waals surface area contributed by atoms with Gasteiger partial charge in [-0.05, 0) is 43.5 Å². The molecule has 1 N–H and O–H groups in total. The number of aromatic nitrogens is 2. The van der Waals surface area contributed by atoms with E-state index in [4.69, 9.17) is 14.5 Å². The Labute approximate surface area is 176 Å². The van der Waals surface area contributed by atoms with Crippen LogP contribution in [0.1, 0.15) is 26.2 Å². The maximum absolute atomic E-state index is 12.7. The zero-order chi connectivity index (χ0) is 20.8. The van der Waals surface area contributed by atoms with Gasteiger partial charge in [0.1, 0.15) is 0 Å². The minimum atomic E-state index is -0.287. The van der Waals surface area contributed by atoms with Gasteiger partial charge in [0.2, 0.25) is 0 Å². The standard InChI is InChI=1S/C23H26N4O3/c1-2-15-29-19-11-5-6-12-20(19)30-16-21(28)26-22-23(27-13-7-8-14-27)25-18-10-4-3-9-17(18)24-22/h3-6,9-12H,2,7-8,13-16H2,1H3,(H,24,26,28). The van der Waals surface area contributed by atoms with Crippen LogP contribution < -0.4 is 19.7 Å². The van der Waals surface area contributed by atoms with Crippen molar-refractivity contribution < 1.29 is 14.3 Å². The summed E-state index contributed by atoms with van der Waals surface area (Å²) in [6, 6.07) is 15.0. The van der Waals surface area contributed by atoms with Crippen molar-refractivity contribution in [3.8, 4) is 11.5 Å². The predicted molar refractivity (Wildman–Crippen MR) is 117 cm³/mol. The van der Waals surface area contributed by atoms with Gasteiger partial charge in [0.25, 0.3) is 5.91 Å². The number of fused-ring (bicyclic) bond motifs is 1. The molecule has 1 saturated heterocycles. The van der Waals surface area contributed by atoms with Crippen LogP contribution in [0.5, 0.6) is 11.5 Å². The van der Waals surface area contributed by atoms with Gasteiger partial charge in [-0.3, -0.25) is 4.79 Å². The first kappa shape index (κ1) is 19.9. The quantitative estimate of drug-likeness (QED) is 0.609. The number of rotatable bonds is 8. The second-order valence-corrected chi connectivity index (χ2v) is 7.21. The van der Waals surface area contributed by atoms with E-state index >= 15 is 0 Å². The Bertz CT molecular complexity index is 1020. The van der Waals surface area contributed by atoms with Crippen molar-refractivity contribution in [2.75, 3.05) is 36.5 Å². The second-order valence-electron chi connectivity index (χ2n) is 7.21. The van der Waals surface area contributed by atoms with Gasteiger partial charge in [0.15, 0.2) is 29.7 Å². The summed E-state index contributed by atoms with van der Waals surface area (Å²) in [5.74, 6) is 2.08. The van der Waals surface area contributed by atoms with Crippen molar-refractivity contribution >= 4 is 28.6 Å². The molecule has 2 aromatic carbocycles. The molecule has 30 heavy (non-hydrogen) atoms. The molecule has 0 aliphatic carbocycles. The molecular weight excluding hydrogens is 380 g/mol. The second kappa shape index (κ2) is 9.43. The van der Waals surface area contributed by atoms with Gasteiger partial charge >= 0.3 is 0 Å². The summed E-state index contributed by atoms with van der Waals surface area (Å²) in [6.45, 7) is 4.32. The van der Waals surface area contributed by atoms with Gasteiger partial charge < -0.3 is 19.7 Å². The highest BCUT2D eigenvalue weighted by molar-refractivity contribution is 5.95. The highest BCUT2D eigenvalue weighted by Gasteiger charge is 2.21. The molecule has 1 amide bonds. The molecule has 0 saturated carbocycles. The summed E-state index contributed by atoms with van der Waals surface area (Å²) in [5.41, 5.74) is 1.56. The Morgan fingerprint density at radius 2 is 1.60 bits per heavy atom. The molecule has 1 aliphatic rings. The summed E-state index contributed by atoms with van der Waals surface area (Å²) in [4.78, 5) is 24.2. The van der Waals surface area contributed by atoms with Gasteiger partial charge in [-0.1, -0.05) is 31.2 Å². The van der Waals surface area contributed by atoms with Gasteiger partial charge in [0, 0.05) is 13.1 Å². The fourth-order valence-corrected chi connectivity index (χ4v) is 3.44. The summed E-state index contributed by atoms with van der Waals surface area (Å²) in [6.07, 6.45) is 3.12. The van der Waals surface area contributed by atoms with E-state index in [0.717, 1.165) is 43.4 Å². The largest absolute Gasteiger partial charge is 0.490 e. The van der Waals surface area contributed by atoms with E-state index in [2.05, 4.69) is 15.2 Å². The lowest BCUT2D eigenvalue weighted by Crippen LogP contribution is -2.25. The molecule has 4 rings (SSSR count). The highest BCUT2D eigenvalue weighted by atomic mass is 16.5. The van der Waals surface area contributed by atoms with Crippen molar-refractivity contribution in [1.82, 2.24) is 9.97 Å². The Hall–Kier alpha value is -3.35. The van der Waals surface area contributed by atoms with E-state index < -0.39 is 0 Å². The molecule has 1 fully saturated rings. The van der Waals surface area contributed by atoms with Crippen LogP contribution in [-0.2, 0) is 4.79 Å². The van der Waals surface area contributed by atoms with E-state index in [1.165, 1.54) is 0 Å². The number of hydrogen-bond acceptors (Lipinski definition) is 6. The Morgan fingerprint density at radius 3 is 2.30 bits per heavy atom. The van der Waals surface area contributed by atoms with Crippen molar-refractivity contribution in [3.05, 3.63) is 48.5 Å². The van der Waals surface area contributed by atoms with Crippen LogP contribution >= 0.6 is 0 Å². The number of hydrogen-bond donors (Lipinski definition) is 1. The van der Waals surface area contributed by atoms with Crippen molar-refractivity contribution in [1.29, 1.82) is 0 Å². The maximum atomic E-state index is 12.7. The molecule has 7 heteroatoms. The number of carbonyl (C=O) groups is 1. The number of para-hydroxylation sites is 4. The molecule has 0 bridgehead atoms. The third-order valence-corrected chi connectivity index (χ3v) is 4.89. The van der Waals surface area contributed by atoms with Gasteiger partial charge in [-0.2, -0.15) is 0 Å². The highest BCUT2D eigenvalue weighted by Crippen LogP contribution is 2.29. The molecule has 1 aromatic heterocycles. The van der Waals surface area contributed by atoms with Crippen LogP contribution in [0.15, 0.2) is 48.5 Å². The van der Waals surface area contributed by atoms with Crippen LogP contribution in [-0.4, -0.2) is 42.2 Å². The van der Waals surface area contributed by atoms with Crippen molar-refractivity contribution in [3.63, 3.8) is 0 Å². The lowest BCUT2D eigenvalue weighted by Gasteiger charge is -2.20. The van der Waals surface area contributed by atoms with Gasteiger partial charge in [0.05, 0.1) is 17.6 Å². The summed E-state index contributed by atoms with van der Waals surface area (Å²) in [5, 5.41) is 2.89. The zero-order valence-corrected chi connectivity index (χ0v) is 17.1. The molecule has 0 unspecified atom stereocenters. The van der Waals surface area contributed by atoms with Crippen LogP contribution in [0.2, 0.25) is 0 Å². The monoisotopic (exact) mass is 406 g/mol. The minimum Gasteiger partial charge on any atom is -0.490 e. The number of ether oxygens (including phenoxy) is 2. The Kier molecular flexibility index (Phi) is 6.27. The average molecular weight is 406 g/mol. The summed E-state index contributed by atoms with van der Waals surface area (Å²) in [7, 11) is 0. The molecule has 2 heterocycles. The number of carbonyl (C=O) groups excluding carboxylic acids is 1. The third-order valence-electron chi connectivity index (χ3n) is 4.89. The smallest absolute Gasteiger partial charge is 0.263 e. The number of anilines is 2.